The third-order valence-corrected chi connectivity index (χ3v) is 3.22. The van der Waals surface area contributed by atoms with Crippen molar-refractivity contribution in [1.29, 1.82) is 0 Å². The molecule has 0 bridgehead atoms. The SMILES string of the molecule is CCC(N)CSCCOc1ccccc1. The number of hydrogen-bond acceptors (Lipinski definition) is 3. The van der Waals surface area contributed by atoms with Crippen molar-refractivity contribution in [3.63, 3.8) is 0 Å². The molecule has 15 heavy (non-hydrogen) atoms. The molecule has 0 aliphatic carbocycles. The number of nitrogens with two attached hydrogens (primary N) is 1. The van der Waals surface area contributed by atoms with Gasteiger partial charge in [-0.1, -0.05) is 25.1 Å². The summed E-state index contributed by atoms with van der Waals surface area (Å²) in [6.45, 7) is 2.87. The van der Waals surface area contributed by atoms with Crippen LogP contribution in [-0.4, -0.2) is 24.2 Å². The second kappa shape index (κ2) is 7.60. The summed E-state index contributed by atoms with van der Waals surface area (Å²) in [5.74, 6) is 2.97. The molecule has 1 atom stereocenters. The molecule has 0 saturated heterocycles. The maximum atomic E-state index is 5.80. The Hall–Kier alpha value is -0.670. The first-order valence-corrected chi connectivity index (χ1v) is 6.49. The first kappa shape index (κ1) is 12.4. The second-order valence-corrected chi connectivity index (χ2v) is 4.55. The minimum atomic E-state index is 0.326. The van der Waals surface area contributed by atoms with Crippen LogP contribution in [0.25, 0.3) is 0 Å². The molecule has 0 spiro atoms. The van der Waals surface area contributed by atoms with Gasteiger partial charge in [-0.15, -0.1) is 0 Å². The van der Waals surface area contributed by atoms with Gasteiger partial charge in [0.2, 0.25) is 0 Å². The zero-order chi connectivity index (χ0) is 10.9. The van der Waals surface area contributed by atoms with Gasteiger partial charge in [-0.2, -0.15) is 11.8 Å². The molecule has 0 aliphatic heterocycles. The van der Waals surface area contributed by atoms with Crippen LogP contribution in [0.2, 0.25) is 0 Å². The lowest BCUT2D eigenvalue weighted by molar-refractivity contribution is 0.344. The highest BCUT2D eigenvalue weighted by atomic mass is 32.2. The smallest absolute Gasteiger partial charge is 0.119 e. The van der Waals surface area contributed by atoms with E-state index in [4.69, 9.17) is 10.5 Å². The molecule has 3 heteroatoms. The Morgan fingerprint density at radius 3 is 2.73 bits per heavy atom. The van der Waals surface area contributed by atoms with E-state index in [0.29, 0.717) is 6.04 Å². The Labute approximate surface area is 96.2 Å². The van der Waals surface area contributed by atoms with E-state index in [-0.39, 0.29) is 0 Å². The standard InChI is InChI=1S/C12H19NOS/c1-2-11(13)10-15-9-8-14-12-6-4-3-5-7-12/h3-7,11H,2,8-10,13H2,1H3. The van der Waals surface area contributed by atoms with Crippen molar-refractivity contribution >= 4 is 11.8 Å². The molecule has 0 radical (unpaired) electrons. The predicted molar refractivity (Wildman–Crippen MR) is 67.5 cm³/mol. The molecule has 0 aromatic heterocycles. The maximum Gasteiger partial charge on any atom is 0.119 e. The van der Waals surface area contributed by atoms with Crippen molar-refractivity contribution in [2.45, 2.75) is 19.4 Å². The summed E-state index contributed by atoms with van der Waals surface area (Å²) < 4.78 is 5.56. The Kier molecular flexibility index (Phi) is 6.28. The zero-order valence-electron chi connectivity index (χ0n) is 9.19. The van der Waals surface area contributed by atoms with Crippen molar-refractivity contribution in [1.82, 2.24) is 0 Å². The molecule has 1 aromatic rings. The van der Waals surface area contributed by atoms with E-state index < -0.39 is 0 Å². The lowest BCUT2D eigenvalue weighted by atomic mass is 10.3. The highest BCUT2D eigenvalue weighted by Gasteiger charge is 1.98. The van der Waals surface area contributed by atoms with Crippen molar-refractivity contribution in [2.24, 2.45) is 5.73 Å². The van der Waals surface area contributed by atoms with Gasteiger partial charge in [0.25, 0.3) is 0 Å². The summed E-state index contributed by atoms with van der Waals surface area (Å²) in [7, 11) is 0. The van der Waals surface area contributed by atoms with Crippen LogP contribution in [0, 0.1) is 0 Å². The number of para-hydroxylation sites is 1. The van der Waals surface area contributed by atoms with Crippen molar-refractivity contribution in [3.05, 3.63) is 30.3 Å². The average molecular weight is 225 g/mol. The molecule has 1 unspecified atom stereocenters. The van der Waals surface area contributed by atoms with Gasteiger partial charge < -0.3 is 10.5 Å². The average Bonchev–Trinajstić information content (AvgIpc) is 2.29. The summed E-state index contributed by atoms with van der Waals surface area (Å²) >= 11 is 1.86. The van der Waals surface area contributed by atoms with Crippen LogP contribution in [0.5, 0.6) is 5.75 Å². The van der Waals surface area contributed by atoms with Crippen LogP contribution in [0.4, 0.5) is 0 Å². The topological polar surface area (TPSA) is 35.2 Å². The van der Waals surface area contributed by atoms with E-state index in [9.17, 15) is 0 Å². The molecule has 0 fully saturated rings. The van der Waals surface area contributed by atoms with Crippen molar-refractivity contribution in [3.8, 4) is 5.75 Å². The van der Waals surface area contributed by atoms with Crippen molar-refractivity contribution in [2.75, 3.05) is 18.1 Å². The fraction of sp³-hybridized carbons (Fsp3) is 0.500. The first-order valence-electron chi connectivity index (χ1n) is 5.34. The van der Waals surface area contributed by atoms with Crippen LogP contribution in [-0.2, 0) is 0 Å². The van der Waals surface area contributed by atoms with Gasteiger partial charge in [-0.25, -0.2) is 0 Å². The van der Waals surface area contributed by atoms with E-state index in [1.165, 1.54) is 0 Å². The molecule has 1 aromatic carbocycles. The highest BCUT2D eigenvalue weighted by Crippen LogP contribution is 2.09. The summed E-state index contributed by atoms with van der Waals surface area (Å²) in [5.41, 5.74) is 5.80. The third kappa shape index (κ3) is 5.70. The van der Waals surface area contributed by atoms with Gasteiger partial charge >= 0.3 is 0 Å². The summed E-state index contributed by atoms with van der Waals surface area (Å²) in [5, 5.41) is 0. The highest BCUT2D eigenvalue weighted by molar-refractivity contribution is 7.99. The zero-order valence-corrected chi connectivity index (χ0v) is 10.0. The van der Waals surface area contributed by atoms with E-state index >= 15 is 0 Å². The number of ether oxygens (including phenoxy) is 1. The number of hydrogen-bond donors (Lipinski definition) is 1. The molecular weight excluding hydrogens is 206 g/mol. The number of benzene rings is 1. The van der Waals surface area contributed by atoms with Crippen LogP contribution in [0.15, 0.2) is 30.3 Å². The van der Waals surface area contributed by atoms with Gasteiger partial charge in [0.05, 0.1) is 6.61 Å². The molecule has 2 N–H and O–H groups in total. The Balaban J connectivity index is 2.03. The minimum absolute atomic E-state index is 0.326. The van der Waals surface area contributed by atoms with Gasteiger partial charge in [-0.05, 0) is 18.6 Å². The lowest BCUT2D eigenvalue weighted by Gasteiger charge is -2.08. The summed E-state index contributed by atoms with van der Waals surface area (Å²) in [4.78, 5) is 0. The largest absolute Gasteiger partial charge is 0.493 e. The molecule has 0 heterocycles. The fourth-order valence-corrected chi connectivity index (χ4v) is 1.99. The van der Waals surface area contributed by atoms with Gasteiger partial charge in [0.15, 0.2) is 0 Å². The normalized spacial score (nSPS) is 12.4. The monoisotopic (exact) mass is 225 g/mol. The van der Waals surface area contributed by atoms with Gasteiger partial charge in [-0.3, -0.25) is 0 Å². The number of thioether (sulfide) groups is 1. The van der Waals surface area contributed by atoms with Crippen LogP contribution >= 0.6 is 11.8 Å². The predicted octanol–water partition coefficient (Wildman–Crippen LogP) is 2.54. The third-order valence-electron chi connectivity index (χ3n) is 2.10. The van der Waals surface area contributed by atoms with E-state index in [1.54, 1.807) is 0 Å². The van der Waals surface area contributed by atoms with Crippen molar-refractivity contribution < 1.29 is 4.74 Å². The molecule has 0 amide bonds. The summed E-state index contributed by atoms with van der Waals surface area (Å²) in [6.07, 6.45) is 1.05. The van der Waals surface area contributed by atoms with Crippen LogP contribution in [0.1, 0.15) is 13.3 Å². The lowest BCUT2D eigenvalue weighted by Crippen LogP contribution is -2.21. The molecular formula is C12H19NOS. The van der Waals surface area contributed by atoms with Crippen LogP contribution in [0.3, 0.4) is 0 Å². The summed E-state index contributed by atoms with van der Waals surface area (Å²) in [6, 6.07) is 10.2. The molecule has 2 nitrogen and oxygen atoms in total. The molecule has 0 aliphatic rings. The first-order chi connectivity index (χ1) is 7.33. The molecule has 0 saturated carbocycles. The van der Waals surface area contributed by atoms with E-state index in [1.807, 2.05) is 42.1 Å². The van der Waals surface area contributed by atoms with E-state index in [0.717, 1.165) is 30.3 Å². The van der Waals surface area contributed by atoms with E-state index in [2.05, 4.69) is 6.92 Å². The quantitative estimate of drug-likeness (QED) is 0.724. The second-order valence-electron chi connectivity index (χ2n) is 3.40. The van der Waals surface area contributed by atoms with Crippen LogP contribution < -0.4 is 10.5 Å². The Bertz CT molecular complexity index is 253. The molecule has 84 valence electrons. The fourth-order valence-electron chi connectivity index (χ4n) is 1.09. The maximum absolute atomic E-state index is 5.80. The van der Waals surface area contributed by atoms with Gasteiger partial charge in [0.1, 0.15) is 5.75 Å². The minimum Gasteiger partial charge on any atom is -0.493 e. The number of rotatable bonds is 7. The van der Waals surface area contributed by atoms with Gasteiger partial charge in [0, 0.05) is 17.5 Å². The molecule has 1 rings (SSSR count). The Morgan fingerprint density at radius 1 is 1.33 bits per heavy atom. The Morgan fingerprint density at radius 2 is 2.07 bits per heavy atom.